The summed E-state index contributed by atoms with van der Waals surface area (Å²) in [6, 6.07) is 8.50. The number of para-hydroxylation sites is 1. The lowest BCUT2D eigenvalue weighted by Crippen LogP contribution is -2.58. The molecule has 3 rings (SSSR count). The Bertz CT molecular complexity index is 547. The van der Waals surface area contributed by atoms with Crippen LogP contribution < -0.4 is 10.6 Å². The van der Waals surface area contributed by atoms with Crippen molar-refractivity contribution in [1.29, 1.82) is 0 Å². The van der Waals surface area contributed by atoms with E-state index in [1.54, 1.807) is 0 Å². The van der Waals surface area contributed by atoms with Crippen LogP contribution in [0.25, 0.3) is 0 Å². The standard InChI is InChI=1S/C16H23ClN4/c1-12(2)20-9-7-16(8-10-20)11-19-15(18)21(16)14-6-4-3-5-13(14)17/h3-6,12H,7-11H2,1-2H3,(H2,18,19). The molecule has 0 saturated carbocycles. The number of hydrogen-bond acceptors (Lipinski definition) is 4. The van der Waals surface area contributed by atoms with Crippen LogP contribution in [0, 0.1) is 0 Å². The van der Waals surface area contributed by atoms with Crippen LogP contribution >= 0.6 is 11.6 Å². The third-order valence-corrected chi connectivity index (χ3v) is 5.11. The summed E-state index contributed by atoms with van der Waals surface area (Å²) in [6.45, 7) is 7.45. The number of halogens is 1. The van der Waals surface area contributed by atoms with Crippen molar-refractivity contribution >= 4 is 23.2 Å². The number of nitrogens with zero attached hydrogens (tertiary/aromatic N) is 3. The maximum absolute atomic E-state index is 6.39. The van der Waals surface area contributed by atoms with Gasteiger partial charge in [0.25, 0.3) is 0 Å². The van der Waals surface area contributed by atoms with Gasteiger partial charge in [-0.3, -0.25) is 4.99 Å². The van der Waals surface area contributed by atoms with Crippen molar-refractivity contribution in [3.63, 3.8) is 0 Å². The average molecular weight is 307 g/mol. The Hall–Kier alpha value is -1.26. The SMILES string of the molecule is CC(C)N1CCC2(CC1)CN=C(N)N2c1ccccc1Cl. The van der Waals surface area contributed by atoms with E-state index >= 15 is 0 Å². The molecule has 5 heteroatoms. The molecule has 0 aliphatic carbocycles. The minimum Gasteiger partial charge on any atom is -0.369 e. The molecule has 114 valence electrons. The summed E-state index contributed by atoms with van der Waals surface area (Å²) >= 11 is 6.39. The van der Waals surface area contributed by atoms with E-state index in [0.29, 0.717) is 12.0 Å². The maximum atomic E-state index is 6.39. The second kappa shape index (κ2) is 5.50. The molecule has 0 bridgehead atoms. The summed E-state index contributed by atoms with van der Waals surface area (Å²) in [5.41, 5.74) is 7.17. The Morgan fingerprint density at radius 1 is 1.24 bits per heavy atom. The first kappa shape index (κ1) is 14.7. The lowest BCUT2D eigenvalue weighted by atomic mass is 9.85. The number of anilines is 1. The van der Waals surface area contributed by atoms with Crippen molar-refractivity contribution in [2.75, 3.05) is 24.5 Å². The molecule has 0 radical (unpaired) electrons. The lowest BCUT2D eigenvalue weighted by Gasteiger charge is -2.46. The van der Waals surface area contributed by atoms with Crippen LogP contribution in [0.3, 0.4) is 0 Å². The van der Waals surface area contributed by atoms with Crippen LogP contribution in [-0.2, 0) is 0 Å². The fourth-order valence-corrected chi connectivity index (χ4v) is 3.68. The van der Waals surface area contributed by atoms with Crippen molar-refractivity contribution in [3.8, 4) is 0 Å². The molecule has 1 aromatic rings. The van der Waals surface area contributed by atoms with Gasteiger partial charge in [0, 0.05) is 19.1 Å². The molecule has 2 heterocycles. The number of guanidine groups is 1. The van der Waals surface area contributed by atoms with Gasteiger partial charge in [0.2, 0.25) is 0 Å². The van der Waals surface area contributed by atoms with Gasteiger partial charge in [0.05, 0.1) is 22.8 Å². The molecule has 0 amide bonds. The van der Waals surface area contributed by atoms with Gasteiger partial charge in [-0.15, -0.1) is 0 Å². The van der Waals surface area contributed by atoms with Crippen molar-refractivity contribution in [2.45, 2.75) is 38.3 Å². The van der Waals surface area contributed by atoms with Gasteiger partial charge in [-0.1, -0.05) is 23.7 Å². The number of nitrogens with two attached hydrogens (primary N) is 1. The molecular weight excluding hydrogens is 284 g/mol. The van der Waals surface area contributed by atoms with E-state index in [4.69, 9.17) is 17.3 Å². The molecule has 4 nitrogen and oxygen atoms in total. The van der Waals surface area contributed by atoms with Crippen LogP contribution in [-0.4, -0.2) is 42.1 Å². The van der Waals surface area contributed by atoms with E-state index < -0.39 is 0 Å². The molecule has 1 fully saturated rings. The number of piperidine rings is 1. The molecule has 1 spiro atoms. The minimum atomic E-state index is 0.000463. The first-order valence-corrected chi connectivity index (χ1v) is 8.00. The van der Waals surface area contributed by atoms with Crippen LogP contribution in [0.5, 0.6) is 0 Å². The Labute approximate surface area is 131 Å². The predicted molar refractivity (Wildman–Crippen MR) is 89.1 cm³/mol. The zero-order valence-electron chi connectivity index (χ0n) is 12.7. The van der Waals surface area contributed by atoms with Gasteiger partial charge in [-0.25, -0.2) is 0 Å². The number of hydrogen-bond donors (Lipinski definition) is 1. The van der Waals surface area contributed by atoms with E-state index in [0.717, 1.165) is 43.2 Å². The summed E-state index contributed by atoms with van der Waals surface area (Å²) in [7, 11) is 0. The van der Waals surface area contributed by atoms with E-state index in [1.807, 2.05) is 24.3 Å². The Kier molecular flexibility index (Phi) is 3.84. The average Bonchev–Trinajstić information content (AvgIpc) is 2.77. The van der Waals surface area contributed by atoms with Crippen LogP contribution in [0.2, 0.25) is 5.02 Å². The predicted octanol–water partition coefficient (Wildman–Crippen LogP) is 2.72. The summed E-state index contributed by atoms with van der Waals surface area (Å²) in [5.74, 6) is 0.598. The molecule has 0 aromatic heterocycles. The van der Waals surface area contributed by atoms with Crippen molar-refractivity contribution in [1.82, 2.24) is 4.90 Å². The largest absolute Gasteiger partial charge is 0.369 e. The minimum absolute atomic E-state index is 0.000463. The van der Waals surface area contributed by atoms with Gasteiger partial charge >= 0.3 is 0 Å². The fourth-order valence-electron chi connectivity index (χ4n) is 3.46. The quantitative estimate of drug-likeness (QED) is 0.914. The summed E-state index contributed by atoms with van der Waals surface area (Å²) < 4.78 is 0. The molecule has 2 aliphatic heterocycles. The topological polar surface area (TPSA) is 44.9 Å². The molecule has 0 unspecified atom stereocenters. The zero-order valence-corrected chi connectivity index (χ0v) is 13.5. The zero-order chi connectivity index (χ0) is 15.0. The second-order valence-electron chi connectivity index (χ2n) is 6.32. The van der Waals surface area contributed by atoms with Crippen LogP contribution in [0.4, 0.5) is 5.69 Å². The summed E-state index contributed by atoms with van der Waals surface area (Å²) in [5, 5.41) is 0.739. The maximum Gasteiger partial charge on any atom is 0.196 e. The highest BCUT2D eigenvalue weighted by molar-refractivity contribution is 6.34. The Morgan fingerprint density at radius 3 is 2.52 bits per heavy atom. The van der Waals surface area contributed by atoms with Gasteiger partial charge in [0.1, 0.15) is 0 Å². The number of likely N-dealkylation sites (tertiary alicyclic amines) is 1. The van der Waals surface area contributed by atoms with E-state index in [1.165, 1.54) is 0 Å². The van der Waals surface area contributed by atoms with Gasteiger partial charge in [-0.2, -0.15) is 0 Å². The molecular formula is C16H23ClN4. The molecule has 2 aliphatic rings. The lowest BCUT2D eigenvalue weighted by molar-refractivity contribution is 0.139. The first-order chi connectivity index (χ1) is 10.0. The fraction of sp³-hybridized carbons (Fsp3) is 0.562. The number of rotatable bonds is 2. The van der Waals surface area contributed by atoms with E-state index in [2.05, 4.69) is 28.6 Å². The normalized spacial score (nSPS) is 22.1. The van der Waals surface area contributed by atoms with Gasteiger partial charge in [0.15, 0.2) is 5.96 Å². The smallest absolute Gasteiger partial charge is 0.196 e. The summed E-state index contributed by atoms with van der Waals surface area (Å²) in [6.07, 6.45) is 2.14. The van der Waals surface area contributed by atoms with Gasteiger partial charge < -0.3 is 15.5 Å². The highest BCUT2D eigenvalue weighted by atomic mass is 35.5. The van der Waals surface area contributed by atoms with Crippen LogP contribution in [0.15, 0.2) is 29.3 Å². The van der Waals surface area contributed by atoms with Crippen molar-refractivity contribution in [3.05, 3.63) is 29.3 Å². The van der Waals surface area contributed by atoms with Crippen molar-refractivity contribution in [2.24, 2.45) is 10.7 Å². The van der Waals surface area contributed by atoms with E-state index in [9.17, 15) is 0 Å². The van der Waals surface area contributed by atoms with E-state index in [-0.39, 0.29) is 5.54 Å². The van der Waals surface area contributed by atoms with Crippen molar-refractivity contribution < 1.29 is 0 Å². The highest BCUT2D eigenvalue weighted by Gasteiger charge is 2.45. The molecule has 1 aromatic carbocycles. The first-order valence-electron chi connectivity index (χ1n) is 7.62. The Morgan fingerprint density at radius 2 is 1.90 bits per heavy atom. The molecule has 0 atom stereocenters. The number of benzene rings is 1. The highest BCUT2D eigenvalue weighted by Crippen LogP contribution is 2.39. The third kappa shape index (κ3) is 2.51. The summed E-state index contributed by atoms with van der Waals surface area (Å²) in [4.78, 5) is 9.22. The molecule has 1 saturated heterocycles. The molecule has 21 heavy (non-hydrogen) atoms. The Balaban J connectivity index is 1.88. The van der Waals surface area contributed by atoms with Crippen LogP contribution in [0.1, 0.15) is 26.7 Å². The second-order valence-corrected chi connectivity index (χ2v) is 6.72. The monoisotopic (exact) mass is 306 g/mol. The number of aliphatic imine (C=N–C) groups is 1. The third-order valence-electron chi connectivity index (χ3n) is 4.79. The van der Waals surface area contributed by atoms with Gasteiger partial charge in [-0.05, 0) is 38.8 Å². The molecule has 2 N–H and O–H groups in total.